The average Bonchev–Trinajstić information content (AvgIpc) is 3.56. The highest BCUT2D eigenvalue weighted by molar-refractivity contribution is 7.20. The normalized spacial score (nSPS) is 12.7. The first kappa shape index (κ1) is 21.6. The van der Waals surface area contributed by atoms with Crippen molar-refractivity contribution in [1.29, 1.82) is 0 Å². The van der Waals surface area contributed by atoms with E-state index in [0.717, 1.165) is 29.2 Å². The zero-order valence-electron chi connectivity index (χ0n) is 18.3. The molecule has 4 aromatic rings. The Kier molecular flexibility index (Phi) is 5.63. The van der Waals surface area contributed by atoms with E-state index < -0.39 is 5.97 Å². The predicted octanol–water partition coefficient (Wildman–Crippen LogP) is 4.21. The van der Waals surface area contributed by atoms with Gasteiger partial charge in [0.2, 0.25) is 0 Å². The molecule has 0 saturated carbocycles. The monoisotopic (exact) mass is 483 g/mol. The molecule has 33 heavy (non-hydrogen) atoms. The number of esters is 1. The van der Waals surface area contributed by atoms with Crippen LogP contribution >= 0.6 is 22.7 Å². The maximum absolute atomic E-state index is 12.8. The molecule has 5 rings (SSSR count). The highest BCUT2D eigenvalue weighted by Crippen LogP contribution is 2.34. The first-order valence-electron chi connectivity index (χ1n) is 10.4. The fourth-order valence-electron chi connectivity index (χ4n) is 3.95. The van der Waals surface area contributed by atoms with Gasteiger partial charge in [0.1, 0.15) is 27.1 Å². The number of aryl methyl sites for hydroxylation is 2. The van der Waals surface area contributed by atoms with Gasteiger partial charge in [0, 0.05) is 23.9 Å². The molecule has 0 saturated heterocycles. The summed E-state index contributed by atoms with van der Waals surface area (Å²) in [5.74, 6) is 1.58. The van der Waals surface area contributed by atoms with E-state index in [9.17, 15) is 9.59 Å². The molecule has 1 aliphatic heterocycles. The Morgan fingerprint density at radius 1 is 1.18 bits per heavy atom. The van der Waals surface area contributed by atoms with Crippen LogP contribution in [0, 0.1) is 6.92 Å². The van der Waals surface area contributed by atoms with Crippen molar-refractivity contribution in [1.82, 2.24) is 14.5 Å². The molecule has 0 amide bonds. The zero-order chi connectivity index (χ0) is 23.1. The third kappa shape index (κ3) is 3.79. The average molecular weight is 484 g/mol. The van der Waals surface area contributed by atoms with Crippen molar-refractivity contribution in [2.45, 2.75) is 32.9 Å². The van der Waals surface area contributed by atoms with E-state index in [0.29, 0.717) is 44.4 Å². The van der Waals surface area contributed by atoms with E-state index >= 15 is 0 Å². The molecule has 0 radical (unpaired) electrons. The van der Waals surface area contributed by atoms with Gasteiger partial charge in [-0.2, -0.15) is 0 Å². The van der Waals surface area contributed by atoms with E-state index in [1.807, 2.05) is 23.6 Å². The smallest absolute Gasteiger partial charge is 0.349 e. The van der Waals surface area contributed by atoms with Crippen LogP contribution in [-0.2, 0) is 24.3 Å². The maximum Gasteiger partial charge on any atom is 0.349 e. The number of methoxy groups -OCH3 is 2. The number of nitrogens with zero attached hydrogens (tertiary/aromatic N) is 3. The Morgan fingerprint density at radius 2 is 2.00 bits per heavy atom. The van der Waals surface area contributed by atoms with Crippen molar-refractivity contribution >= 4 is 38.9 Å². The summed E-state index contributed by atoms with van der Waals surface area (Å²) in [5, 5.41) is 3.16. The second-order valence-electron chi connectivity index (χ2n) is 7.61. The van der Waals surface area contributed by atoms with Gasteiger partial charge in [-0.15, -0.1) is 22.7 Å². The minimum absolute atomic E-state index is 0.0409. The van der Waals surface area contributed by atoms with Gasteiger partial charge in [0.15, 0.2) is 11.5 Å². The number of rotatable bonds is 6. The van der Waals surface area contributed by atoms with Gasteiger partial charge in [-0.05, 0) is 37.1 Å². The SMILES string of the molecule is COc1ccc(-c2nc(COC(=O)c3sc4nc5n(c(=O)c4c3C)CCC5)cs2)cc1OC. The molecule has 3 aromatic heterocycles. The Bertz CT molecular complexity index is 1440. The van der Waals surface area contributed by atoms with Crippen LogP contribution in [0.1, 0.15) is 33.2 Å². The molecule has 10 heteroatoms. The molecule has 0 N–H and O–H groups in total. The van der Waals surface area contributed by atoms with Gasteiger partial charge < -0.3 is 14.2 Å². The van der Waals surface area contributed by atoms with Crippen LogP contribution in [-0.4, -0.2) is 34.7 Å². The number of thiophene rings is 1. The lowest BCUT2D eigenvalue weighted by molar-refractivity contribution is 0.0473. The summed E-state index contributed by atoms with van der Waals surface area (Å²) in [5.41, 5.74) is 2.09. The molecule has 0 fully saturated rings. The van der Waals surface area contributed by atoms with Gasteiger partial charge in [0.05, 0.1) is 25.3 Å². The fraction of sp³-hybridized carbons (Fsp3) is 0.304. The fourth-order valence-corrected chi connectivity index (χ4v) is 5.84. The highest BCUT2D eigenvalue weighted by Gasteiger charge is 2.24. The summed E-state index contributed by atoms with van der Waals surface area (Å²) in [7, 11) is 3.17. The summed E-state index contributed by atoms with van der Waals surface area (Å²) >= 11 is 2.67. The van der Waals surface area contributed by atoms with Crippen molar-refractivity contribution in [3.8, 4) is 22.1 Å². The lowest BCUT2D eigenvalue weighted by Gasteiger charge is -2.08. The highest BCUT2D eigenvalue weighted by atomic mass is 32.1. The van der Waals surface area contributed by atoms with Crippen molar-refractivity contribution in [2.24, 2.45) is 0 Å². The number of carbonyl (C=O) groups is 1. The van der Waals surface area contributed by atoms with Crippen LogP contribution in [0.3, 0.4) is 0 Å². The van der Waals surface area contributed by atoms with E-state index in [2.05, 4.69) is 9.97 Å². The molecular formula is C23H21N3O5S2. The van der Waals surface area contributed by atoms with E-state index in [1.54, 1.807) is 25.7 Å². The van der Waals surface area contributed by atoms with Crippen LogP contribution in [0.5, 0.6) is 11.5 Å². The summed E-state index contributed by atoms with van der Waals surface area (Å²) < 4.78 is 17.9. The number of fused-ring (bicyclic) bond motifs is 2. The van der Waals surface area contributed by atoms with Crippen molar-refractivity contribution < 1.29 is 19.0 Å². The van der Waals surface area contributed by atoms with Crippen LogP contribution < -0.4 is 15.0 Å². The Morgan fingerprint density at radius 3 is 2.79 bits per heavy atom. The molecule has 1 aliphatic rings. The van der Waals surface area contributed by atoms with Crippen LogP contribution in [0.4, 0.5) is 0 Å². The molecule has 0 spiro atoms. The molecule has 0 atom stereocenters. The molecule has 0 aliphatic carbocycles. The number of ether oxygens (including phenoxy) is 3. The number of aromatic nitrogens is 3. The topological polar surface area (TPSA) is 92.5 Å². The number of benzene rings is 1. The van der Waals surface area contributed by atoms with Crippen LogP contribution in [0.2, 0.25) is 0 Å². The summed E-state index contributed by atoms with van der Waals surface area (Å²) in [4.78, 5) is 35.8. The molecule has 4 heterocycles. The van der Waals surface area contributed by atoms with Crippen LogP contribution in [0.25, 0.3) is 20.8 Å². The summed E-state index contributed by atoms with van der Waals surface area (Å²) in [6.07, 6.45) is 1.71. The minimum atomic E-state index is -0.472. The standard InChI is InChI=1S/C23H21N3O5S2/c1-12-18-21(25-17-5-4-8-26(17)22(18)27)33-19(12)23(28)31-10-14-11-32-20(24-14)13-6-7-15(29-2)16(9-13)30-3/h6-7,9,11H,4-5,8,10H2,1-3H3. The Labute approximate surface area is 197 Å². The summed E-state index contributed by atoms with van der Waals surface area (Å²) in [6, 6.07) is 5.59. The minimum Gasteiger partial charge on any atom is -0.493 e. The quantitative estimate of drug-likeness (QED) is 0.379. The second-order valence-corrected chi connectivity index (χ2v) is 9.47. The molecular weight excluding hydrogens is 462 g/mol. The molecule has 0 bridgehead atoms. The number of thiazole rings is 1. The molecule has 170 valence electrons. The summed E-state index contributed by atoms with van der Waals surface area (Å²) in [6.45, 7) is 2.50. The van der Waals surface area contributed by atoms with Gasteiger partial charge in [-0.3, -0.25) is 9.36 Å². The van der Waals surface area contributed by atoms with E-state index in [-0.39, 0.29) is 12.2 Å². The predicted molar refractivity (Wildman–Crippen MR) is 127 cm³/mol. The van der Waals surface area contributed by atoms with Gasteiger partial charge in [-0.25, -0.2) is 14.8 Å². The Hall–Kier alpha value is -3.24. The number of hydrogen-bond acceptors (Lipinski definition) is 9. The third-order valence-electron chi connectivity index (χ3n) is 5.63. The van der Waals surface area contributed by atoms with Crippen molar-refractivity contribution in [2.75, 3.05) is 14.2 Å². The third-order valence-corrected chi connectivity index (χ3v) is 7.74. The van der Waals surface area contributed by atoms with E-state index in [1.165, 1.54) is 22.7 Å². The van der Waals surface area contributed by atoms with Crippen molar-refractivity contribution in [3.05, 3.63) is 55.9 Å². The van der Waals surface area contributed by atoms with Crippen LogP contribution in [0.15, 0.2) is 28.4 Å². The lowest BCUT2D eigenvalue weighted by Crippen LogP contribution is -2.20. The maximum atomic E-state index is 12.8. The first-order chi connectivity index (χ1) is 16.0. The molecule has 8 nitrogen and oxygen atoms in total. The van der Waals surface area contributed by atoms with Gasteiger partial charge in [0.25, 0.3) is 5.56 Å². The number of carbonyl (C=O) groups excluding carboxylic acids is 1. The second kappa shape index (κ2) is 8.60. The number of hydrogen-bond donors (Lipinski definition) is 0. The van der Waals surface area contributed by atoms with E-state index in [4.69, 9.17) is 14.2 Å². The first-order valence-corrected chi connectivity index (χ1v) is 12.1. The zero-order valence-corrected chi connectivity index (χ0v) is 20.0. The molecule has 1 aromatic carbocycles. The lowest BCUT2D eigenvalue weighted by atomic mass is 10.2. The van der Waals surface area contributed by atoms with Gasteiger partial charge in [-0.1, -0.05) is 0 Å². The largest absolute Gasteiger partial charge is 0.493 e. The molecule has 0 unspecified atom stereocenters. The van der Waals surface area contributed by atoms with Gasteiger partial charge >= 0.3 is 5.97 Å². The van der Waals surface area contributed by atoms with Crippen molar-refractivity contribution in [3.63, 3.8) is 0 Å². The Balaban J connectivity index is 1.34.